The molecule has 0 unspecified atom stereocenters. The maximum absolute atomic E-state index is 9.03. The molecular weight excluding hydrogens is 304 g/mol. The van der Waals surface area contributed by atoms with Gasteiger partial charge >= 0.3 is 0 Å². The normalized spacial score (nSPS) is 9.74. The molecular formula is C15H13BrN2O. The van der Waals surface area contributed by atoms with Crippen LogP contribution in [0, 0.1) is 11.3 Å². The van der Waals surface area contributed by atoms with Gasteiger partial charge in [-0.05, 0) is 35.9 Å². The molecule has 0 aliphatic carbocycles. The molecule has 2 aromatic carbocycles. The fraction of sp³-hybridized carbons (Fsp3) is 0.133. The SMILES string of the molecule is COc1ccc(Br)c(CNc2ccccc2C#N)c1. The first kappa shape index (κ1) is 13.4. The summed E-state index contributed by atoms with van der Waals surface area (Å²) in [7, 11) is 1.64. The molecule has 96 valence electrons. The van der Waals surface area contributed by atoms with Crippen LogP contribution in [0.2, 0.25) is 0 Å². The number of nitrogens with one attached hydrogen (secondary N) is 1. The van der Waals surface area contributed by atoms with Crippen LogP contribution in [-0.4, -0.2) is 7.11 Å². The average molecular weight is 317 g/mol. The first-order valence-corrected chi connectivity index (χ1v) is 6.59. The molecule has 0 heterocycles. The van der Waals surface area contributed by atoms with Gasteiger partial charge in [-0.15, -0.1) is 0 Å². The third kappa shape index (κ3) is 3.27. The molecule has 0 aliphatic rings. The van der Waals surface area contributed by atoms with Crippen molar-refractivity contribution in [2.24, 2.45) is 0 Å². The van der Waals surface area contributed by atoms with Crippen LogP contribution in [0.25, 0.3) is 0 Å². The molecule has 2 aromatic rings. The van der Waals surface area contributed by atoms with E-state index in [0.29, 0.717) is 12.1 Å². The molecule has 0 saturated carbocycles. The van der Waals surface area contributed by atoms with Gasteiger partial charge in [-0.25, -0.2) is 0 Å². The molecule has 0 bridgehead atoms. The molecule has 0 saturated heterocycles. The number of rotatable bonds is 4. The smallest absolute Gasteiger partial charge is 0.119 e. The van der Waals surface area contributed by atoms with E-state index < -0.39 is 0 Å². The summed E-state index contributed by atoms with van der Waals surface area (Å²) in [5.41, 5.74) is 2.55. The molecule has 0 atom stereocenters. The van der Waals surface area contributed by atoms with Gasteiger partial charge in [-0.1, -0.05) is 28.1 Å². The van der Waals surface area contributed by atoms with E-state index in [0.717, 1.165) is 21.5 Å². The maximum atomic E-state index is 9.03. The third-order valence-electron chi connectivity index (χ3n) is 2.77. The van der Waals surface area contributed by atoms with Crippen LogP contribution in [0.3, 0.4) is 0 Å². The zero-order chi connectivity index (χ0) is 13.7. The Morgan fingerprint density at radius 2 is 2.05 bits per heavy atom. The predicted molar refractivity (Wildman–Crippen MR) is 79.2 cm³/mol. The zero-order valence-electron chi connectivity index (χ0n) is 10.5. The van der Waals surface area contributed by atoms with Crippen LogP contribution < -0.4 is 10.1 Å². The summed E-state index contributed by atoms with van der Waals surface area (Å²) in [6.45, 7) is 0.622. The minimum atomic E-state index is 0.622. The van der Waals surface area contributed by atoms with E-state index in [1.54, 1.807) is 13.2 Å². The van der Waals surface area contributed by atoms with Crippen LogP contribution in [0.4, 0.5) is 5.69 Å². The van der Waals surface area contributed by atoms with E-state index >= 15 is 0 Å². The van der Waals surface area contributed by atoms with E-state index in [9.17, 15) is 0 Å². The van der Waals surface area contributed by atoms with Crippen molar-refractivity contribution in [2.75, 3.05) is 12.4 Å². The standard InChI is InChI=1S/C15H13BrN2O/c1-19-13-6-7-14(16)12(8-13)10-18-15-5-3-2-4-11(15)9-17/h2-8,18H,10H2,1H3. The minimum absolute atomic E-state index is 0.622. The number of anilines is 1. The van der Waals surface area contributed by atoms with Gasteiger partial charge in [0.25, 0.3) is 0 Å². The van der Waals surface area contributed by atoms with Crippen molar-refractivity contribution < 1.29 is 4.74 Å². The van der Waals surface area contributed by atoms with Crippen molar-refractivity contribution in [3.63, 3.8) is 0 Å². The molecule has 0 radical (unpaired) electrons. The quantitative estimate of drug-likeness (QED) is 0.929. The molecule has 19 heavy (non-hydrogen) atoms. The first-order chi connectivity index (χ1) is 9.24. The molecule has 1 N–H and O–H groups in total. The van der Waals surface area contributed by atoms with E-state index in [1.807, 2.05) is 36.4 Å². The molecule has 0 spiro atoms. The Hall–Kier alpha value is -1.99. The lowest BCUT2D eigenvalue weighted by Gasteiger charge is -2.10. The van der Waals surface area contributed by atoms with Crippen LogP contribution in [0.1, 0.15) is 11.1 Å². The van der Waals surface area contributed by atoms with Gasteiger partial charge < -0.3 is 10.1 Å². The van der Waals surface area contributed by atoms with Crippen molar-refractivity contribution in [2.45, 2.75) is 6.54 Å². The second-order valence-corrected chi connectivity index (χ2v) is 4.82. The van der Waals surface area contributed by atoms with Crippen molar-refractivity contribution in [3.05, 3.63) is 58.1 Å². The summed E-state index contributed by atoms with van der Waals surface area (Å²) in [4.78, 5) is 0. The monoisotopic (exact) mass is 316 g/mol. The van der Waals surface area contributed by atoms with Crippen LogP contribution in [0.5, 0.6) is 5.75 Å². The van der Waals surface area contributed by atoms with Gasteiger partial charge in [0, 0.05) is 11.0 Å². The van der Waals surface area contributed by atoms with E-state index in [1.165, 1.54) is 0 Å². The third-order valence-corrected chi connectivity index (χ3v) is 3.54. The predicted octanol–water partition coefficient (Wildman–Crippen LogP) is 3.94. The number of nitrogens with zero attached hydrogens (tertiary/aromatic N) is 1. The Morgan fingerprint density at radius 3 is 2.79 bits per heavy atom. The van der Waals surface area contributed by atoms with Gasteiger partial charge in [0.1, 0.15) is 11.8 Å². The summed E-state index contributed by atoms with van der Waals surface area (Å²) >= 11 is 3.51. The van der Waals surface area contributed by atoms with E-state index in [-0.39, 0.29) is 0 Å². The van der Waals surface area contributed by atoms with Gasteiger partial charge in [0.05, 0.1) is 18.4 Å². The highest BCUT2D eigenvalue weighted by atomic mass is 79.9. The summed E-state index contributed by atoms with van der Waals surface area (Å²) < 4.78 is 6.22. The van der Waals surface area contributed by atoms with Crippen LogP contribution >= 0.6 is 15.9 Å². The lowest BCUT2D eigenvalue weighted by Crippen LogP contribution is -2.02. The molecule has 0 aliphatic heterocycles. The van der Waals surface area contributed by atoms with Crippen LogP contribution in [0.15, 0.2) is 46.9 Å². The Balaban J connectivity index is 2.17. The number of ether oxygens (including phenoxy) is 1. The fourth-order valence-electron chi connectivity index (χ4n) is 1.74. The van der Waals surface area contributed by atoms with Crippen molar-refractivity contribution in [1.82, 2.24) is 0 Å². The highest BCUT2D eigenvalue weighted by Crippen LogP contribution is 2.24. The largest absolute Gasteiger partial charge is 0.497 e. The average Bonchev–Trinajstić information content (AvgIpc) is 2.46. The Kier molecular flexibility index (Phi) is 4.43. The number of nitriles is 1. The van der Waals surface area contributed by atoms with E-state index in [4.69, 9.17) is 10.00 Å². The lowest BCUT2D eigenvalue weighted by molar-refractivity contribution is 0.414. The topological polar surface area (TPSA) is 45.0 Å². The summed E-state index contributed by atoms with van der Waals surface area (Å²) in [5.74, 6) is 0.813. The fourth-order valence-corrected chi connectivity index (χ4v) is 2.13. The Labute approximate surface area is 121 Å². The van der Waals surface area contributed by atoms with Gasteiger partial charge in [0.15, 0.2) is 0 Å². The minimum Gasteiger partial charge on any atom is -0.497 e. The highest BCUT2D eigenvalue weighted by Gasteiger charge is 2.04. The Morgan fingerprint density at radius 1 is 1.26 bits per heavy atom. The number of hydrogen-bond donors (Lipinski definition) is 1. The Bertz CT molecular complexity index is 620. The number of hydrogen-bond acceptors (Lipinski definition) is 3. The molecule has 0 fully saturated rings. The number of para-hydroxylation sites is 1. The van der Waals surface area contributed by atoms with Gasteiger partial charge in [-0.3, -0.25) is 0 Å². The molecule has 0 amide bonds. The highest BCUT2D eigenvalue weighted by molar-refractivity contribution is 9.10. The van der Waals surface area contributed by atoms with Crippen molar-refractivity contribution >= 4 is 21.6 Å². The molecule has 4 heteroatoms. The second kappa shape index (κ2) is 6.26. The maximum Gasteiger partial charge on any atom is 0.119 e. The summed E-state index contributed by atoms with van der Waals surface area (Å²) in [5, 5.41) is 12.3. The summed E-state index contributed by atoms with van der Waals surface area (Å²) in [6, 6.07) is 15.4. The van der Waals surface area contributed by atoms with Crippen LogP contribution in [-0.2, 0) is 6.54 Å². The van der Waals surface area contributed by atoms with E-state index in [2.05, 4.69) is 27.3 Å². The molecule has 0 aromatic heterocycles. The van der Waals surface area contributed by atoms with Crippen molar-refractivity contribution in [1.29, 1.82) is 5.26 Å². The molecule has 2 rings (SSSR count). The number of methoxy groups -OCH3 is 1. The first-order valence-electron chi connectivity index (χ1n) is 5.80. The van der Waals surface area contributed by atoms with Gasteiger partial charge in [0.2, 0.25) is 0 Å². The second-order valence-electron chi connectivity index (χ2n) is 3.97. The number of halogens is 1. The zero-order valence-corrected chi connectivity index (χ0v) is 12.1. The van der Waals surface area contributed by atoms with Crippen molar-refractivity contribution in [3.8, 4) is 11.8 Å². The van der Waals surface area contributed by atoms with Gasteiger partial charge in [-0.2, -0.15) is 5.26 Å². The molecule has 3 nitrogen and oxygen atoms in total. The number of benzene rings is 2. The lowest BCUT2D eigenvalue weighted by atomic mass is 10.1. The summed E-state index contributed by atoms with van der Waals surface area (Å²) in [6.07, 6.45) is 0.